The van der Waals surface area contributed by atoms with Gasteiger partial charge in [0.15, 0.2) is 0 Å². The van der Waals surface area contributed by atoms with Gasteiger partial charge in [0, 0.05) is 24.0 Å². The summed E-state index contributed by atoms with van der Waals surface area (Å²) in [5.74, 6) is 1.06. The molecule has 30 heavy (non-hydrogen) atoms. The second kappa shape index (κ2) is 8.12. The van der Waals surface area contributed by atoms with E-state index in [4.69, 9.17) is 4.74 Å². The summed E-state index contributed by atoms with van der Waals surface area (Å²) in [5, 5.41) is 12.8. The van der Waals surface area contributed by atoms with Gasteiger partial charge in [-0.1, -0.05) is 24.3 Å². The van der Waals surface area contributed by atoms with Crippen molar-refractivity contribution >= 4 is 12.2 Å². The Morgan fingerprint density at radius 2 is 1.60 bits per heavy atom. The van der Waals surface area contributed by atoms with Gasteiger partial charge in [0.05, 0.1) is 0 Å². The summed E-state index contributed by atoms with van der Waals surface area (Å²) >= 11 is 0. The van der Waals surface area contributed by atoms with Crippen LogP contribution in [-0.4, -0.2) is 45.9 Å². The van der Waals surface area contributed by atoms with Crippen molar-refractivity contribution in [2.75, 3.05) is 0 Å². The van der Waals surface area contributed by atoms with Gasteiger partial charge in [0.2, 0.25) is 0 Å². The molecule has 2 N–H and O–H groups in total. The smallest absolute Gasteiger partial charge is 0.407 e. The standard InChI is InChI=1S/C24H34N2O4/c1-24(2,3)30-22(27)25-18-10-12-19(13-11-18)26(23(28)29)21-14-20(21)17-8-6-16(7-9-17)15-4-5-15/h6-9,15,18-21H,4-5,10-14H2,1-3H3,(H,25,27)(H,28,29). The highest BCUT2D eigenvalue weighted by molar-refractivity contribution is 5.68. The molecule has 0 saturated heterocycles. The molecule has 0 spiro atoms. The largest absolute Gasteiger partial charge is 0.465 e. The quantitative estimate of drug-likeness (QED) is 0.691. The van der Waals surface area contributed by atoms with Crippen molar-refractivity contribution in [2.24, 2.45) is 0 Å². The van der Waals surface area contributed by atoms with Crippen molar-refractivity contribution in [3.05, 3.63) is 35.4 Å². The van der Waals surface area contributed by atoms with Crippen LogP contribution in [0.1, 0.15) is 88.7 Å². The monoisotopic (exact) mass is 414 g/mol. The number of nitrogens with one attached hydrogen (secondary N) is 1. The molecule has 3 fully saturated rings. The van der Waals surface area contributed by atoms with E-state index in [-0.39, 0.29) is 18.1 Å². The number of hydrogen-bond acceptors (Lipinski definition) is 3. The van der Waals surface area contributed by atoms with Crippen LogP contribution < -0.4 is 5.32 Å². The molecule has 0 aromatic heterocycles. The molecule has 3 aliphatic carbocycles. The first kappa shape index (κ1) is 21.0. The van der Waals surface area contributed by atoms with Gasteiger partial charge in [-0.25, -0.2) is 9.59 Å². The average molecular weight is 415 g/mol. The first-order valence-electron chi connectivity index (χ1n) is 11.3. The fourth-order valence-electron chi connectivity index (χ4n) is 4.82. The van der Waals surface area contributed by atoms with Gasteiger partial charge < -0.3 is 20.1 Å². The van der Waals surface area contributed by atoms with E-state index in [9.17, 15) is 14.7 Å². The zero-order chi connectivity index (χ0) is 21.5. The van der Waals surface area contributed by atoms with Gasteiger partial charge in [-0.15, -0.1) is 0 Å². The minimum atomic E-state index is -0.819. The molecule has 2 amide bonds. The van der Waals surface area contributed by atoms with Crippen molar-refractivity contribution in [1.29, 1.82) is 0 Å². The predicted molar refractivity (Wildman–Crippen MR) is 115 cm³/mol. The molecule has 6 nitrogen and oxygen atoms in total. The van der Waals surface area contributed by atoms with E-state index in [1.165, 1.54) is 24.0 Å². The number of hydrogen-bond donors (Lipinski definition) is 2. The van der Waals surface area contributed by atoms with E-state index in [0.29, 0.717) is 5.92 Å². The van der Waals surface area contributed by atoms with E-state index < -0.39 is 17.8 Å². The maximum absolute atomic E-state index is 12.1. The van der Waals surface area contributed by atoms with Crippen molar-refractivity contribution in [3.63, 3.8) is 0 Å². The molecule has 1 aromatic rings. The third kappa shape index (κ3) is 5.08. The minimum Gasteiger partial charge on any atom is -0.465 e. The van der Waals surface area contributed by atoms with Crippen LogP contribution in [0, 0.1) is 0 Å². The van der Waals surface area contributed by atoms with Crippen LogP contribution in [0.25, 0.3) is 0 Å². The van der Waals surface area contributed by atoms with Gasteiger partial charge >= 0.3 is 12.2 Å². The molecular weight excluding hydrogens is 380 g/mol. The number of nitrogens with zero attached hydrogens (tertiary/aromatic N) is 1. The van der Waals surface area contributed by atoms with Crippen molar-refractivity contribution in [2.45, 2.75) is 101 Å². The number of ether oxygens (including phenoxy) is 1. The molecule has 6 heteroatoms. The maximum atomic E-state index is 12.1. The summed E-state index contributed by atoms with van der Waals surface area (Å²) in [6.45, 7) is 5.54. The Kier molecular flexibility index (Phi) is 5.69. The zero-order valence-corrected chi connectivity index (χ0v) is 18.3. The van der Waals surface area contributed by atoms with Crippen LogP contribution in [0.5, 0.6) is 0 Å². The van der Waals surface area contributed by atoms with E-state index >= 15 is 0 Å². The number of rotatable bonds is 5. The molecule has 3 saturated carbocycles. The highest BCUT2D eigenvalue weighted by Crippen LogP contribution is 2.48. The first-order valence-corrected chi connectivity index (χ1v) is 11.3. The van der Waals surface area contributed by atoms with Crippen LogP contribution in [0.3, 0.4) is 0 Å². The lowest BCUT2D eigenvalue weighted by molar-refractivity contribution is 0.0471. The lowest BCUT2D eigenvalue weighted by Gasteiger charge is -2.36. The van der Waals surface area contributed by atoms with Crippen molar-refractivity contribution < 1.29 is 19.4 Å². The average Bonchev–Trinajstić information content (AvgIpc) is 3.56. The second-order valence-corrected chi connectivity index (χ2v) is 10.2. The van der Waals surface area contributed by atoms with E-state index in [1.54, 1.807) is 4.90 Å². The molecular formula is C24H34N2O4. The summed E-state index contributed by atoms with van der Waals surface area (Å²) in [6.07, 6.45) is 5.40. The topological polar surface area (TPSA) is 78.9 Å². The Labute approximate surface area is 179 Å². The number of benzene rings is 1. The fourth-order valence-corrected chi connectivity index (χ4v) is 4.82. The molecule has 2 unspecified atom stereocenters. The van der Waals surface area contributed by atoms with E-state index in [1.807, 2.05) is 20.8 Å². The third-order valence-corrected chi connectivity index (χ3v) is 6.56. The number of carboxylic acid groups (broad SMARTS) is 1. The lowest BCUT2D eigenvalue weighted by atomic mass is 9.90. The van der Waals surface area contributed by atoms with Crippen LogP contribution in [0.2, 0.25) is 0 Å². The van der Waals surface area contributed by atoms with Crippen LogP contribution in [0.15, 0.2) is 24.3 Å². The van der Waals surface area contributed by atoms with Gasteiger partial charge in [-0.2, -0.15) is 0 Å². The van der Waals surface area contributed by atoms with E-state index in [2.05, 4.69) is 29.6 Å². The van der Waals surface area contributed by atoms with Gasteiger partial charge in [-0.3, -0.25) is 0 Å². The highest BCUT2D eigenvalue weighted by atomic mass is 16.6. The minimum absolute atomic E-state index is 0.0277. The summed E-state index contributed by atoms with van der Waals surface area (Å²) < 4.78 is 5.34. The lowest BCUT2D eigenvalue weighted by Crippen LogP contribution is -2.47. The second-order valence-electron chi connectivity index (χ2n) is 10.2. The number of carbonyl (C=O) groups is 2. The van der Waals surface area contributed by atoms with Gasteiger partial charge in [0.1, 0.15) is 5.60 Å². The molecule has 4 rings (SSSR count). The summed E-state index contributed by atoms with van der Waals surface area (Å²) in [5.41, 5.74) is 2.16. The summed E-state index contributed by atoms with van der Waals surface area (Å²) in [4.78, 5) is 25.8. The predicted octanol–water partition coefficient (Wildman–Crippen LogP) is 5.24. The molecule has 0 radical (unpaired) electrons. The zero-order valence-electron chi connectivity index (χ0n) is 18.3. The SMILES string of the molecule is CC(C)(C)OC(=O)NC1CCC(N(C(=O)O)C2CC2c2ccc(C3CC3)cc2)CC1. The molecule has 0 bridgehead atoms. The number of amides is 2. The van der Waals surface area contributed by atoms with Crippen LogP contribution in [-0.2, 0) is 4.74 Å². The van der Waals surface area contributed by atoms with Gasteiger partial charge in [-0.05, 0) is 82.8 Å². The number of alkyl carbamates (subject to hydrolysis) is 1. The Morgan fingerprint density at radius 3 is 2.13 bits per heavy atom. The molecule has 164 valence electrons. The van der Waals surface area contributed by atoms with Crippen LogP contribution in [0.4, 0.5) is 9.59 Å². The Bertz CT molecular complexity index is 773. The number of carbonyl (C=O) groups excluding carboxylic acids is 1. The fraction of sp³-hybridized carbons (Fsp3) is 0.667. The summed E-state index contributed by atoms with van der Waals surface area (Å²) in [6, 6.07) is 8.99. The Morgan fingerprint density at radius 1 is 1.00 bits per heavy atom. The first-order chi connectivity index (χ1) is 14.2. The molecule has 3 aliphatic rings. The third-order valence-electron chi connectivity index (χ3n) is 6.56. The Hall–Kier alpha value is -2.24. The van der Waals surface area contributed by atoms with Crippen LogP contribution >= 0.6 is 0 Å². The molecule has 1 aromatic carbocycles. The highest BCUT2D eigenvalue weighted by Gasteiger charge is 2.48. The summed E-state index contributed by atoms with van der Waals surface area (Å²) in [7, 11) is 0. The Balaban J connectivity index is 1.30. The maximum Gasteiger partial charge on any atom is 0.407 e. The van der Waals surface area contributed by atoms with Crippen molar-refractivity contribution in [1.82, 2.24) is 10.2 Å². The molecule has 0 heterocycles. The molecule has 2 atom stereocenters. The molecule has 0 aliphatic heterocycles. The van der Waals surface area contributed by atoms with Gasteiger partial charge in [0.25, 0.3) is 0 Å². The van der Waals surface area contributed by atoms with E-state index in [0.717, 1.165) is 38.0 Å². The normalized spacial score (nSPS) is 28.5. The van der Waals surface area contributed by atoms with Crippen molar-refractivity contribution in [3.8, 4) is 0 Å².